The maximum atomic E-state index is 12.1. The van der Waals surface area contributed by atoms with Crippen LogP contribution < -0.4 is 0 Å². The number of nitrogens with zero attached hydrogens (tertiary/aromatic N) is 2. The Bertz CT molecular complexity index is 736. The van der Waals surface area contributed by atoms with Crippen LogP contribution in [-0.2, 0) is 22.5 Å². The molecule has 100 valence electrons. The van der Waals surface area contributed by atoms with Gasteiger partial charge in [-0.15, -0.1) is 0 Å². The zero-order valence-corrected chi connectivity index (χ0v) is 11.3. The van der Waals surface area contributed by atoms with E-state index in [1.54, 1.807) is 48.4 Å². The van der Waals surface area contributed by atoms with E-state index in [1.807, 2.05) is 0 Å². The van der Waals surface area contributed by atoms with Crippen LogP contribution in [0.4, 0.5) is 0 Å². The number of sulfone groups is 1. The third-order valence-corrected chi connectivity index (χ3v) is 5.35. The molecule has 1 aromatic carbocycles. The molecular formula is C13H14N2O3S. The Kier molecular flexibility index (Phi) is 2.55. The maximum absolute atomic E-state index is 12.1. The van der Waals surface area contributed by atoms with Crippen LogP contribution >= 0.6 is 0 Å². The summed E-state index contributed by atoms with van der Waals surface area (Å²) in [7, 11) is -1.54. The summed E-state index contributed by atoms with van der Waals surface area (Å²) in [5.74, 6) is -0.0601. The molecule has 1 aliphatic heterocycles. The van der Waals surface area contributed by atoms with Crippen molar-refractivity contribution in [3.63, 3.8) is 0 Å². The Labute approximate surface area is 111 Å². The molecule has 0 bridgehead atoms. The first-order valence-corrected chi connectivity index (χ1v) is 7.62. The van der Waals surface area contributed by atoms with Gasteiger partial charge in [0.1, 0.15) is 5.60 Å². The van der Waals surface area contributed by atoms with Crippen LogP contribution in [-0.4, -0.2) is 29.1 Å². The first kappa shape index (κ1) is 12.4. The molecule has 2 aromatic rings. The Balaban J connectivity index is 2.26. The quantitative estimate of drug-likeness (QED) is 0.839. The normalized spacial score (nSPS) is 24.9. The van der Waals surface area contributed by atoms with Gasteiger partial charge in [0.05, 0.1) is 16.8 Å². The van der Waals surface area contributed by atoms with Gasteiger partial charge in [-0.3, -0.25) is 4.68 Å². The van der Waals surface area contributed by atoms with Gasteiger partial charge in [0.25, 0.3) is 0 Å². The van der Waals surface area contributed by atoms with Crippen LogP contribution in [0.3, 0.4) is 0 Å². The van der Waals surface area contributed by atoms with Gasteiger partial charge in [-0.1, -0.05) is 18.2 Å². The number of benzene rings is 1. The lowest BCUT2D eigenvalue weighted by Gasteiger charge is -2.33. The molecule has 0 spiro atoms. The fraction of sp³-hybridized carbons (Fsp3) is 0.308. The van der Waals surface area contributed by atoms with E-state index in [4.69, 9.17) is 0 Å². The predicted molar refractivity (Wildman–Crippen MR) is 69.3 cm³/mol. The van der Waals surface area contributed by atoms with E-state index >= 15 is 0 Å². The Hall–Kier alpha value is -1.66. The smallest absolute Gasteiger partial charge is 0.178 e. The van der Waals surface area contributed by atoms with Gasteiger partial charge in [0.15, 0.2) is 9.84 Å². The average molecular weight is 278 g/mol. The first-order valence-electron chi connectivity index (χ1n) is 5.97. The third kappa shape index (κ3) is 1.79. The Morgan fingerprint density at radius 2 is 2.11 bits per heavy atom. The molecule has 1 aliphatic rings. The number of hydrogen-bond donors (Lipinski definition) is 1. The van der Waals surface area contributed by atoms with Crippen molar-refractivity contribution in [3.8, 4) is 0 Å². The van der Waals surface area contributed by atoms with Crippen LogP contribution in [0.25, 0.3) is 0 Å². The molecule has 2 heterocycles. The molecule has 1 aromatic heterocycles. The van der Waals surface area contributed by atoms with Gasteiger partial charge in [-0.05, 0) is 12.5 Å². The standard InChI is InChI=1S/C13H14N2O3S/c1-15-9-10(8-14-15)13(16)6-7-19(17,18)12-5-3-2-4-11(12)13/h2-5,8-9,16H,6-7H2,1H3. The van der Waals surface area contributed by atoms with E-state index in [2.05, 4.69) is 5.10 Å². The first-order chi connectivity index (χ1) is 8.93. The highest BCUT2D eigenvalue weighted by Crippen LogP contribution is 2.41. The average Bonchev–Trinajstić information content (AvgIpc) is 2.82. The van der Waals surface area contributed by atoms with Crippen LogP contribution in [0.2, 0.25) is 0 Å². The van der Waals surface area contributed by atoms with Gasteiger partial charge in [0.2, 0.25) is 0 Å². The van der Waals surface area contributed by atoms with E-state index in [0.717, 1.165) is 0 Å². The second-order valence-corrected chi connectivity index (χ2v) is 6.91. The number of hydrogen-bond acceptors (Lipinski definition) is 4. The van der Waals surface area contributed by atoms with Crippen LogP contribution in [0.1, 0.15) is 17.5 Å². The fourth-order valence-electron chi connectivity index (χ4n) is 2.54. The minimum atomic E-state index is -3.30. The van der Waals surface area contributed by atoms with Crippen molar-refractivity contribution in [1.82, 2.24) is 9.78 Å². The number of aliphatic hydroxyl groups is 1. The summed E-state index contributed by atoms with van der Waals surface area (Å²) < 4.78 is 25.7. The summed E-state index contributed by atoms with van der Waals surface area (Å²) >= 11 is 0. The topological polar surface area (TPSA) is 72.2 Å². The lowest BCUT2D eigenvalue weighted by atomic mass is 9.85. The molecule has 1 unspecified atom stereocenters. The predicted octanol–water partition coefficient (Wildman–Crippen LogP) is 0.833. The maximum Gasteiger partial charge on any atom is 0.178 e. The molecule has 3 rings (SSSR count). The van der Waals surface area contributed by atoms with Gasteiger partial charge in [-0.25, -0.2) is 8.42 Å². The molecule has 0 saturated carbocycles. The molecule has 0 amide bonds. The SMILES string of the molecule is Cn1cc(C2(O)CCS(=O)(=O)c3ccccc32)cn1. The van der Waals surface area contributed by atoms with Gasteiger partial charge < -0.3 is 5.11 Å². The van der Waals surface area contributed by atoms with Gasteiger partial charge in [0, 0.05) is 24.4 Å². The molecule has 5 nitrogen and oxygen atoms in total. The van der Waals surface area contributed by atoms with E-state index in [1.165, 1.54) is 0 Å². The van der Waals surface area contributed by atoms with Gasteiger partial charge in [-0.2, -0.15) is 5.10 Å². The lowest BCUT2D eigenvalue weighted by molar-refractivity contribution is 0.0717. The van der Waals surface area contributed by atoms with E-state index in [0.29, 0.717) is 11.1 Å². The summed E-state index contributed by atoms with van der Waals surface area (Å²) in [6.07, 6.45) is 3.45. The lowest BCUT2D eigenvalue weighted by Crippen LogP contribution is -2.36. The van der Waals surface area contributed by atoms with Crippen LogP contribution in [0.15, 0.2) is 41.6 Å². The van der Waals surface area contributed by atoms with Crippen molar-refractivity contribution in [2.45, 2.75) is 16.9 Å². The van der Waals surface area contributed by atoms with Crippen LogP contribution in [0.5, 0.6) is 0 Å². The minimum absolute atomic E-state index is 0.0601. The summed E-state index contributed by atoms with van der Waals surface area (Å²) in [4.78, 5) is 0.215. The molecule has 19 heavy (non-hydrogen) atoms. The summed E-state index contributed by atoms with van der Waals surface area (Å²) in [5.41, 5.74) is -0.220. The molecular weight excluding hydrogens is 264 g/mol. The van der Waals surface area contributed by atoms with Crippen molar-refractivity contribution in [2.75, 3.05) is 5.75 Å². The summed E-state index contributed by atoms with van der Waals surface area (Å²) in [6.45, 7) is 0. The second kappa shape index (κ2) is 3.91. The molecule has 0 aliphatic carbocycles. The molecule has 0 saturated heterocycles. The Morgan fingerprint density at radius 3 is 2.79 bits per heavy atom. The second-order valence-electron chi connectivity index (χ2n) is 4.83. The largest absolute Gasteiger partial charge is 0.380 e. The molecule has 0 fully saturated rings. The molecule has 1 N–H and O–H groups in total. The van der Waals surface area contributed by atoms with Crippen molar-refractivity contribution >= 4 is 9.84 Å². The highest BCUT2D eigenvalue weighted by atomic mass is 32.2. The van der Waals surface area contributed by atoms with Gasteiger partial charge >= 0.3 is 0 Å². The van der Waals surface area contributed by atoms with E-state index in [-0.39, 0.29) is 17.1 Å². The summed E-state index contributed by atoms with van der Waals surface area (Å²) in [6, 6.07) is 6.62. The number of fused-ring (bicyclic) bond motifs is 1. The monoisotopic (exact) mass is 278 g/mol. The highest BCUT2D eigenvalue weighted by molar-refractivity contribution is 7.91. The Morgan fingerprint density at radius 1 is 1.37 bits per heavy atom. The number of rotatable bonds is 1. The third-order valence-electron chi connectivity index (χ3n) is 3.58. The van der Waals surface area contributed by atoms with Crippen molar-refractivity contribution in [3.05, 3.63) is 47.8 Å². The van der Waals surface area contributed by atoms with Crippen molar-refractivity contribution < 1.29 is 13.5 Å². The van der Waals surface area contributed by atoms with Crippen LogP contribution in [0, 0.1) is 0 Å². The number of aryl methyl sites for hydroxylation is 1. The van der Waals surface area contributed by atoms with Crippen molar-refractivity contribution in [1.29, 1.82) is 0 Å². The number of aromatic nitrogens is 2. The minimum Gasteiger partial charge on any atom is -0.380 e. The molecule has 0 radical (unpaired) electrons. The zero-order chi connectivity index (χ0) is 13.7. The van der Waals surface area contributed by atoms with E-state index in [9.17, 15) is 13.5 Å². The molecule has 6 heteroatoms. The molecule has 1 atom stereocenters. The fourth-order valence-corrected chi connectivity index (χ4v) is 4.18. The highest BCUT2D eigenvalue weighted by Gasteiger charge is 2.42. The zero-order valence-electron chi connectivity index (χ0n) is 10.4. The summed E-state index contributed by atoms with van der Waals surface area (Å²) in [5, 5.41) is 15.0. The van der Waals surface area contributed by atoms with E-state index < -0.39 is 15.4 Å². The van der Waals surface area contributed by atoms with Crippen molar-refractivity contribution in [2.24, 2.45) is 7.05 Å².